The Kier molecular flexibility index (Phi) is 4.90. The summed E-state index contributed by atoms with van der Waals surface area (Å²) in [6, 6.07) is 2.94. The minimum atomic E-state index is -0.579. The minimum Gasteiger partial charge on any atom is -0.505 e. The molecule has 0 radical (unpaired) electrons. The van der Waals surface area contributed by atoms with Crippen molar-refractivity contribution in [2.45, 2.75) is 26.4 Å². The summed E-state index contributed by atoms with van der Waals surface area (Å²) in [5.74, 6) is -0.278. The van der Waals surface area contributed by atoms with Gasteiger partial charge in [-0.15, -0.1) is 0 Å². The van der Waals surface area contributed by atoms with Gasteiger partial charge in [0.25, 0.3) is 5.91 Å². The maximum absolute atomic E-state index is 11.6. The number of amides is 1. The van der Waals surface area contributed by atoms with Gasteiger partial charge in [-0.2, -0.15) is 0 Å². The Morgan fingerprint density at radius 2 is 2.24 bits per heavy atom. The van der Waals surface area contributed by atoms with E-state index in [9.17, 15) is 15.0 Å². The summed E-state index contributed by atoms with van der Waals surface area (Å²) >= 11 is 0. The molecule has 0 aliphatic heterocycles. The van der Waals surface area contributed by atoms with Gasteiger partial charge in [0.2, 0.25) is 0 Å². The van der Waals surface area contributed by atoms with E-state index in [-0.39, 0.29) is 18.0 Å². The van der Waals surface area contributed by atoms with Gasteiger partial charge in [-0.05, 0) is 24.5 Å². The summed E-state index contributed by atoms with van der Waals surface area (Å²) in [7, 11) is 0. The Morgan fingerprint density at radius 3 is 2.82 bits per heavy atom. The van der Waals surface area contributed by atoms with Crippen LogP contribution < -0.4 is 5.32 Å². The molecule has 0 saturated heterocycles. The van der Waals surface area contributed by atoms with Crippen molar-refractivity contribution in [2.24, 2.45) is 5.92 Å². The average Bonchev–Trinajstić information content (AvgIpc) is 2.25. The van der Waals surface area contributed by atoms with Crippen molar-refractivity contribution in [1.82, 2.24) is 10.3 Å². The predicted octanol–water partition coefficient (Wildman–Crippen LogP) is 0.924. The molecule has 1 unspecified atom stereocenters. The predicted molar refractivity (Wildman–Crippen MR) is 63.7 cm³/mol. The molecule has 94 valence electrons. The van der Waals surface area contributed by atoms with Crippen LogP contribution in [0.15, 0.2) is 18.3 Å². The van der Waals surface area contributed by atoms with Gasteiger partial charge in [0, 0.05) is 12.7 Å². The standard InChI is InChI=1S/C12H18N2O3/c1-8(2)6-9(15)7-14-12(17)11-10(16)4-3-5-13-11/h3-5,8-9,15-16H,6-7H2,1-2H3,(H,14,17). The van der Waals surface area contributed by atoms with Gasteiger partial charge in [-0.1, -0.05) is 13.8 Å². The molecule has 0 aliphatic rings. The number of aromatic hydroxyl groups is 1. The van der Waals surface area contributed by atoms with E-state index in [0.717, 1.165) is 0 Å². The minimum absolute atomic E-state index is 0.0238. The number of hydrogen-bond donors (Lipinski definition) is 3. The van der Waals surface area contributed by atoms with Crippen LogP contribution in [-0.4, -0.2) is 33.8 Å². The van der Waals surface area contributed by atoms with Crippen molar-refractivity contribution in [3.8, 4) is 5.75 Å². The van der Waals surface area contributed by atoms with Gasteiger partial charge in [0.05, 0.1) is 6.10 Å². The summed E-state index contributed by atoms with van der Waals surface area (Å²) in [5.41, 5.74) is -0.0238. The maximum atomic E-state index is 11.6. The lowest BCUT2D eigenvalue weighted by atomic mass is 10.1. The Morgan fingerprint density at radius 1 is 1.53 bits per heavy atom. The fourth-order valence-corrected chi connectivity index (χ4v) is 1.49. The molecule has 1 rings (SSSR count). The van der Waals surface area contributed by atoms with Crippen molar-refractivity contribution in [3.63, 3.8) is 0 Å². The number of nitrogens with zero attached hydrogens (tertiary/aromatic N) is 1. The SMILES string of the molecule is CC(C)CC(O)CNC(=O)c1ncccc1O. The molecule has 0 aliphatic carbocycles. The number of aliphatic hydroxyl groups is 1. The second-order valence-corrected chi connectivity index (χ2v) is 4.36. The van der Waals surface area contributed by atoms with Crippen molar-refractivity contribution >= 4 is 5.91 Å². The van der Waals surface area contributed by atoms with Gasteiger partial charge >= 0.3 is 0 Å². The first-order valence-corrected chi connectivity index (χ1v) is 5.61. The summed E-state index contributed by atoms with van der Waals surface area (Å²) in [6.45, 7) is 4.15. The summed E-state index contributed by atoms with van der Waals surface area (Å²) in [4.78, 5) is 15.4. The number of hydrogen-bond acceptors (Lipinski definition) is 4. The molecule has 17 heavy (non-hydrogen) atoms. The van der Waals surface area contributed by atoms with Gasteiger partial charge in [-0.3, -0.25) is 4.79 Å². The topological polar surface area (TPSA) is 82.5 Å². The van der Waals surface area contributed by atoms with Crippen LogP contribution in [0.2, 0.25) is 0 Å². The molecule has 1 amide bonds. The fourth-order valence-electron chi connectivity index (χ4n) is 1.49. The maximum Gasteiger partial charge on any atom is 0.273 e. The molecule has 1 aromatic rings. The van der Waals surface area contributed by atoms with Gasteiger partial charge in [0.15, 0.2) is 5.69 Å². The number of carbonyl (C=O) groups excluding carboxylic acids is 1. The number of carbonyl (C=O) groups is 1. The van der Waals surface area contributed by atoms with Gasteiger partial charge in [0.1, 0.15) is 5.75 Å². The van der Waals surface area contributed by atoms with Crippen molar-refractivity contribution < 1.29 is 15.0 Å². The third-order valence-corrected chi connectivity index (χ3v) is 2.24. The first-order chi connectivity index (χ1) is 8.00. The fraction of sp³-hybridized carbons (Fsp3) is 0.500. The van der Waals surface area contributed by atoms with E-state index in [1.165, 1.54) is 12.3 Å². The Bertz CT molecular complexity index is 380. The molecule has 0 saturated carbocycles. The van der Waals surface area contributed by atoms with Crippen LogP contribution >= 0.6 is 0 Å². The zero-order valence-corrected chi connectivity index (χ0v) is 10.1. The van der Waals surface area contributed by atoms with E-state index >= 15 is 0 Å². The smallest absolute Gasteiger partial charge is 0.273 e. The normalized spacial score (nSPS) is 12.5. The Hall–Kier alpha value is -1.62. The molecule has 5 nitrogen and oxygen atoms in total. The van der Waals surface area contributed by atoms with E-state index in [4.69, 9.17) is 0 Å². The summed E-state index contributed by atoms with van der Waals surface area (Å²) in [5, 5.41) is 21.5. The number of aliphatic hydroxyl groups excluding tert-OH is 1. The molecule has 3 N–H and O–H groups in total. The molecule has 1 atom stereocenters. The molecule has 0 bridgehead atoms. The molecule has 0 spiro atoms. The molecule has 1 heterocycles. The van der Waals surface area contributed by atoms with Crippen LogP contribution in [0.5, 0.6) is 5.75 Å². The van der Waals surface area contributed by atoms with Crippen LogP contribution in [0.1, 0.15) is 30.8 Å². The highest BCUT2D eigenvalue weighted by atomic mass is 16.3. The monoisotopic (exact) mass is 238 g/mol. The zero-order chi connectivity index (χ0) is 12.8. The second-order valence-electron chi connectivity index (χ2n) is 4.36. The molecular weight excluding hydrogens is 220 g/mol. The lowest BCUT2D eigenvalue weighted by Gasteiger charge is -2.13. The molecule has 0 fully saturated rings. The summed E-state index contributed by atoms with van der Waals surface area (Å²) < 4.78 is 0. The third-order valence-electron chi connectivity index (χ3n) is 2.24. The molecular formula is C12H18N2O3. The highest BCUT2D eigenvalue weighted by molar-refractivity contribution is 5.94. The van der Waals surface area contributed by atoms with Crippen LogP contribution in [0, 0.1) is 5.92 Å². The number of pyridine rings is 1. The van der Waals surface area contributed by atoms with Crippen molar-refractivity contribution in [3.05, 3.63) is 24.0 Å². The highest BCUT2D eigenvalue weighted by Gasteiger charge is 2.14. The Balaban J connectivity index is 2.48. The van der Waals surface area contributed by atoms with E-state index < -0.39 is 12.0 Å². The van der Waals surface area contributed by atoms with E-state index in [2.05, 4.69) is 10.3 Å². The largest absolute Gasteiger partial charge is 0.505 e. The molecule has 0 aromatic carbocycles. The van der Waals surface area contributed by atoms with Crippen LogP contribution in [0.3, 0.4) is 0 Å². The van der Waals surface area contributed by atoms with Crippen LogP contribution in [-0.2, 0) is 0 Å². The van der Waals surface area contributed by atoms with Gasteiger partial charge < -0.3 is 15.5 Å². The summed E-state index contributed by atoms with van der Waals surface area (Å²) in [6.07, 6.45) is 1.47. The lowest BCUT2D eigenvalue weighted by molar-refractivity contribution is 0.0892. The number of aromatic nitrogens is 1. The molecule has 1 aromatic heterocycles. The zero-order valence-electron chi connectivity index (χ0n) is 10.1. The van der Waals surface area contributed by atoms with Crippen molar-refractivity contribution in [2.75, 3.05) is 6.54 Å². The number of rotatable bonds is 5. The second kappa shape index (κ2) is 6.20. The number of nitrogens with one attached hydrogen (secondary N) is 1. The van der Waals surface area contributed by atoms with E-state index in [1.807, 2.05) is 13.8 Å². The average molecular weight is 238 g/mol. The first-order valence-electron chi connectivity index (χ1n) is 5.61. The highest BCUT2D eigenvalue weighted by Crippen LogP contribution is 2.12. The van der Waals surface area contributed by atoms with Crippen molar-refractivity contribution in [1.29, 1.82) is 0 Å². The van der Waals surface area contributed by atoms with Crippen LogP contribution in [0.4, 0.5) is 0 Å². The third kappa shape index (κ3) is 4.40. The van der Waals surface area contributed by atoms with Crippen LogP contribution in [0.25, 0.3) is 0 Å². The Labute approximate surface area is 101 Å². The van der Waals surface area contributed by atoms with E-state index in [0.29, 0.717) is 12.3 Å². The first kappa shape index (κ1) is 13.4. The van der Waals surface area contributed by atoms with Gasteiger partial charge in [-0.25, -0.2) is 4.98 Å². The molecule has 5 heteroatoms. The quantitative estimate of drug-likeness (QED) is 0.712. The van der Waals surface area contributed by atoms with E-state index in [1.54, 1.807) is 6.07 Å². The lowest BCUT2D eigenvalue weighted by Crippen LogP contribution is -2.33.